The summed E-state index contributed by atoms with van der Waals surface area (Å²) in [6, 6.07) is 44.9. The molecular formula is C46H27N3O3. The van der Waals surface area contributed by atoms with E-state index in [0.717, 1.165) is 83.0 Å². The number of ether oxygens (including phenoxy) is 1. The van der Waals surface area contributed by atoms with Crippen molar-refractivity contribution in [3.05, 3.63) is 169 Å². The summed E-state index contributed by atoms with van der Waals surface area (Å²) in [5.41, 5.74) is 12.2. The molecule has 0 saturated heterocycles. The Balaban J connectivity index is 1.19. The lowest BCUT2D eigenvalue weighted by Gasteiger charge is -2.13. The summed E-state index contributed by atoms with van der Waals surface area (Å²) >= 11 is 0. The van der Waals surface area contributed by atoms with E-state index in [2.05, 4.69) is 66.4 Å². The van der Waals surface area contributed by atoms with E-state index >= 15 is 0 Å². The van der Waals surface area contributed by atoms with Crippen LogP contribution < -0.4 is 4.74 Å². The van der Waals surface area contributed by atoms with Gasteiger partial charge in [-0.3, -0.25) is 0 Å². The van der Waals surface area contributed by atoms with Gasteiger partial charge in [0, 0.05) is 49.7 Å². The van der Waals surface area contributed by atoms with Gasteiger partial charge in [0.2, 0.25) is 0 Å². The summed E-state index contributed by atoms with van der Waals surface area (Å²) in [4.78, 5) is 15.6. The molecule has 0 amide bonds. The van der Waals surface area contributed by atoms with Crippen LogP contribution in [0.3, 0.4) is 0 Å². The van der Waals surface area contributed by atoms with Crippen molar-refractivity contribution >= 4 is 49.5 Å². The zero-order valence-electron chi connectivity index (χ0n) is 27.7. The van der Waals surface area contributed by atoms with Crippen LogP contribution in [0.15, 0.2) is 166 Å². The normalized spacial score (nSPS) is 16.3. The van der Waals surface area contributed by atoms with Gasteiger partial charge in [0.25, 0.3) is 0 Å². The van der Waals surface area contributed by atoms with E-state index in [1.165, 1.54) is 0 Å². The Bertz CT molecular complexity index is 3000. The van der Waals surface area contributed by atoms with Gasteiger partial charge in [0.15, 0.2) is 17.5 Å². The first-order chi connectivity index (χ1) is 25.8. The molecule has 3 aromatic heterocycles. The van der Waals surface area contributed by atoms with Crippen molar-refractivity contribution < 1.29 is 13.6 Å². The van der Waals surface area contributed by atoms with E-state index in [1.807, 2.05) is 91.0 Å². The van der Waals surface area contributed by atoms with Crippen LogP contribution in [-0.2, 0) is 0 Å². The van der Waals surface area contributed by atoms with Crippen molar-refractivity contribution in [1.29, 1.82) is 0 Å². The van der Waals surface area contributed by atoms with E-state index in [-0.39, 0.29) is 12.0 Å². The lowest BCUT2D eigenvalue weighted by atomic mass is 9.93. The third kappa shape index (κ3) is 4.42. The molecule has 2 aliphatic rings. The maximum Gasteiger partial charge on any atom is 0.171 e. The average molecular weight is 670 g/mol. The predicted molar refractivity (Wildman–Crippen MR) is 205 cm³/mol. The van der Waals surface area contributed by atoms with E-state index in [1.54, 1.807) is 0 Å². The van der Waals surface area contributed by atoms with Crippen molar-refractivity contribution in [2.75, 3.05) is 0 Å². The lowest BCUT2D eigenvalue weighted by Crippen LogP contribution is -2.13. The maximum absolute atomic E-state index is 6.58. The minimum Gasteiger partial charge on any atom is -0.484 e. The quantitative estimate of drug-likeness (QED) is 0.174. The molecule has 6 aromatic carbocycles. The first kappa shape index (κ1) is 28.8. The third-order valence-electron chi connectivity index (χ3n) is 10.1. The Morgan fingerprint density at radius 2 is 1.27 bits per heavy atom. The summed E-state index contributed by atoms with van der Waals surface area (Å²) in [6.45, 7) is 0. The number of aromatic nitrogens is 3. The van der Waals surface area contributed by atoms with Gasteiger partial charge in [-0.25, -0.2) is 15.0 Å². The molecule has 2 atom stereocenters. The fourth-order valence-electron chi connectivity index (χ4n) is 7.73. The van der Waals surface area contributed by atoms with Crippen molar-refractivity contribution in [3.8, 4) is 39.7 Å². The number of rotatable bonds is 4. The van der Waals surface area contributed by atoms with Gasteiger partial charge in [0.1, 0.15) is 34.2 Å². The fraction of sp³-hybridized carbons (Fsp3) is 0.0435. The number of benzene rings is 6. The Hall–Kier alpha value is -7.01. The second-order valence-corrected chi connectivity index (χ2v) is 13.1. The van der Waals surface area contributed by atoms with Gasteiger partial charge in [-0.2, -0.15) is 0 Å². The summed E-state index contributed by atoms with van der Waals surface area (Å²) in [5, 5.41) is 4.02. The summed E-state index contributed by atoms with van der Waals surface area (Å²) in [6.07, 6.45) is 6.06. The van der Waals surface area contributed by atoms with Crippen LogP contribution in [0.4, 0.5) is 0 Å². The SMILES string of the molecule is C1=CC2Oc3ccccc3C2C=CC=1c1nc(-c2ccccc2)nc(-c2c(-c3cccc4c3oc3ccccc34)ccc3oc4ccccc4c23)n1. The minimum absolute atomic E-state index is 0.0676. The number of fused-ring (bicyclic) bond motifs is 9. The number of nitrogens with zero attached hydrogens (tertiary/aromatic N) is 3. The number of allylic oxidation sites excluding steroid dienone is 1. The van der Waals surface area contributed by atoms with Crippen LogP contribution in [0.1, 0.15) is 17.3 Å². The molecule has 1 aliphatic carbocycles. The summed E-state index contributed by atoms with van der Waals surface area (Å²) in [7, 11) is 0. The predicted octanol–water partition coefficient (Wildman–Crippen LogP) is 11.3. The smallest absolute Gasteiger partial charge is 0.171 e. The molecule has 4 heterocycles. The number of furan rings is 2. The van der Waals surface area contributed by atoms with E-state index < -0.39 is 0 Å². The zero-order valence-corrected chi connectivity index (χ0v) is 27.7. The summed E-state index contributed by atoms with van der Waals surface area (Å²) in [5.74, 6) is 2.58. The zero-order chi connectivity index (χ0) is 34.2. The first-order valence-electron chi connectivity index (χ1n) is 17.3. The first-order valence-corrected chi connectivity index (χ1v) is 17.3. The highest BCUT2D eigenvalue weighted by Crippen LogP contribution is 2.46. The summed E-state index contributed by atoms with van der Waals surface area (Å²) < 4.78 is 19.3. The van der Waals surface area contributed by atoms with Gasteiger partial charge in [-0.05, 0) is 48.0 Å². The maximum atomic E-state index is 6.58. The van der Waals surface area contributed by atoms with Gasteiger partial charge < -0.3 is 13.6 Å². The highest BCUT2D eigenvalue weighted by molar-refractivity contribution is 6.17. The van der Waals surface area contributed by atoms with Crippen LogP contribution in [0.5, 0.6) is 5.75 Å². The molecule has 244 valence electrons. The number of hydrogen-bond donors (Lipinski definition) is 0. The van der Waals surface area contributed by atoms with Gasteiger partial charge in [-0.1, -0.05) is 109 Å². The molecule has 6 heteroatoms. The second kappa shape index (κ2) is 11.3. The topological polar surface area (TPSA) is 74.2 Å². The average Bonchev–Trinajstić information content (AvgIpc) is 3.84. The second-order valence-electron chi connectivity index (χ2n) is 13.1. The largest absolute Gasteiger partial charge is 0.484 e. The van der Waals surface area contributed by atoms with Crippen LogP contribution >= 0.6 is 0 Å². The number of para-hydroxylation sites is 4. The Morgan fingerprint density at radius 1 is 0.538 bits per heavy atom. The van der Waals surface area contributed by atoms with Gasteiger partial charge in [-0.15, -0.1) is 5.73 Å². The molecule has 0 spiro atoms. The van der Waals surface area contributed by atoms with Crippen LogP contribution in [0.25, 0.3) is 83.4 Å². The molecule has 0 bridgehead atoms. The molecule has 52 heavy (non-hydrogen) atoms. The Labute approximate surface area is 297 Å². The minimum atomic E-state index is -0.164. The van der Waals surface area contributed by atoms with Crippen molar-refractivity contribution in [2.45, 2.75) is 12.0 Å². The van der Waals surface area contributed by atoms with E-state index in [0.29, 0.717) is 17.5 Å². The van der Waals surface area contributed by atoms with Crippen LogP contribution in [-0.4, -0.2) is 21.1 Å². The van der Waals surface area contributed by atoms with E-state index in [4.69, 9.17) is 28.5 Å². The van der Waals surface area contributed by atoms with Crippen LogP contribution in [0.2, 0.25) is 0 Å². The van der Waals surface area contributed by atoms with Crippen molar-refractivity contribution in [1.82, 2.24) is 15.0 Å². The van der Waals surface area contributed by atoms with Crippen LogP contribution in [0, 0.1) is 0 Å². The molecule has 0 saturated carbocycles. The monoisotopic (exact) mass is 669 g/mol. The molecule has 2 unspecified atom stereocenters. The Kier molecular flexibility index (Phi) is 6.23. The third-order valence-corrected chi connectivity index (χ3v) is 10.1. The van der Waals surface area contributed by atoms with Gasteiger partial charge in [0.05, 0.1) is 5.57 Å². The van der Waals surface area contributed by atoms with Gasteiger partial charge >= 0.3 is 0 Å². The molecule has 1 aliphatic heterocycles. The highest BCUT2D eigenvalue weighted by Gasteiger charge is 2.32. The molecule has 11 rings (SSSR count). The molecule has 9 aromatic rings. The lowest BCUT2D eigenvalue weighted by molar-refractivity contribution is 0.271. The van der Waals surface area contributed by atoms with Crippen molar-refractivity contribution in [3.63, 3.8) is 0 Å². The van der Waals surface area contributed by atoms with Crippen molar-refractivity contribution in [2.24, 2.45) is 0 Å². The molecule has 0 fully saturated rings. The fourth-order valence-corrected chi connectivity index (χ4v) is 7.73. The molecule has 6 nitrogen and oxygen atoms in total. The molecule has 0 N–H and O–H groups in total. The van der Waals surface area contributed by atoms with E-state index in [9.17, 15) is 0 Å². The Morgan fingerprint density at radius 3 is 2.17 bits per heavy atom. The number of hydrogen-bond acceptors (Lipinski definition) is 6. The highest BCUT2D eigenvalue weighted by atomic mass is 16.5. The molecule has 0 radical (unpaired) electrons. The standard InChI is InChI=1S/C46H27N3O3/c1-2-11-27(12-3-1)44-47-45(28-21-23-31-29-13-4-7-18-36(29)50-39(31)25-22-28)49-46(48-44)42-32(24-26-40-41(42)35-15-6-9-20-38(35)51-40)34-17-10-16-33-30-14-5-8-19-37(30)52-43(33)34/h1-21,23-26,31,39H. The molecular weight excluding hydrogens is 643 g/mol.